The zero-order valence-electron chi connectivity index (χ0n) is 30.2. The van der Waals surface area contributed by atoms with Crippen LogP contribution in [0.1, 0.15) is 72.3 Å². The lowest BCUT2D eigenvalue weighted by molar-refractivity contribution is -0.137. The molecule has 1 aromatic carbocycles. The minimum absolute atomic E-state index is 0.0577. The molecule has 4 rings (SSSR count). The number of benzene rings is 1. The fourth-order valence-corrected chi connectivity index (χ4v) is 6.70. The number of urea groups is 1. The quantitative estimate of drug-likeness (QED) is 0.259. The van der Waals surface area contributed by atoms with Gasteiger partial charge in [-0.2, -0.15) is 0 Å². The highest BCUT2D eigenvalue weighted by Gasteiger charge is 2.48. The summed E-state index contributed by atoms with van der Waals surface area (Å²) in [7, 11) is 0. The fraction of sp³-hybridized carbons (Fsp3) is 0.667. The van der Waals surface area contributed by atoms with Gasteiger partial charge in [-0.05, 0) is 64.4 Å². The van der Waals surface area contributed by atoms with E-state index in [0.29, 0.717) is 19.5 Å². The van der Waals surface area contributed by atoms with Crippen LogP contribution in [-0.2, 0) is 30.3 Å². The van der Waals surface area contributed by atoms with E-state index < -0.39 is 48.0 Å². The van der Waals surface area contributed by atoms with Crippen LogP contribution in [0.5, 0.6) is 0 Å². The number of piperidine rings is 1. The third kappa shape index (κ3) is 11.3. The summed E-state index contributed by atoms with van der Waals surface area (Å²) in [6.45, 7) is 12.6. The van der Waals surface area contributed by atoms with E-state index in [1.807, 2.05) is 54.0 Å². The van der Waals surface area contributed by atoms with Crippen LogP contribution in [0.4, 0.5) is 9.59 Å². The number of nitrogens with one attached hydrogen (secondary N) is 4. The van der Waals surface area contributed by atoms with Crippen molar-refractivity contribution in [2.45, 2.75) is 90.8 Å². The summed E-state index contributed by atoms with van der Waals surface area (Å²) in [6.07, 6.45) is 3.50. The van der Waals surface area contributed by atoms with Crippen molar-refractivity contribution in [1.29, 1.82) is 0 Å². The fourth-order valence-electron chi connectivity index (χ4n) is 6.70. The van der Waals surface area contributed by atoms with E-state index in [4.69, 9.17) is 4.74 Å². The Kier molecular flexibility index (Phi) is 13.1. The number of carbonyl (C=O) groups excluding carboxylic acids is 6. The Bertz CT molecular complexity index is 1360. The minimum Gasteiger partial charge on any atom is -0.444 e. The lowest BCUT2D eigenvalue weighted by Gasteiger charge is -2.54. The highest BCUT2D eigenvalue weighted by molar-refractivity contribution is 5.93. The van der Waals surface area contributed by atoms with E-state index >= 15 is 0 Å². The van der Waals surface area contributed by atoms with Gasteiger partial charge in [-0.3, -0.25) is 19.2 Å². The number of ether oxygens (including phenoxy) is 1. The molecule has 7 amide bonds. The number of hydrogen-bond donors (Lipinski definition) is 4. The van der Waals surface area contributed by atoms with Gasteiger partial charge in [0.1, 0.15) is 17.7 Å². The van der Waals surface area contributed by atoms with Gasteiger partial charge in [0.05, 0.1) is 13.1 Å². The number of alkyl carbamates (subject to hydrolysis) is 1. The molecule has 3 saturated heterocycles. The summed E-state index contributed by atoms with van der Waals surface area (Å²) in [5.41, 5.74) is 0.101. The molecule has 1 aromatic rings. The van der Waals surface area contributed by atoms with Gasteiger partial charge in [0.25, 0.3) is 0 Å². The number of rotatable bonds is 12. The Morgan fingerprint density at radius 2 is 1.38 bits per heavy atom. The highest BCUT2D eigenvalue weighted by atomic mass is 16.6. The van der Waals surface area contributed by atoms with Gasteiger partial charge in [0.2, 0.25) is 23.6 Å². The van der Waals surface area contributed by atoms with Crippen LogP contribution in [0.2, 0.25) is 0 Å². The first-order valence-corrected chi connectivity index (χ1v) is 17.8. The molecule has 4 N–H and O–H groups in total. The summed E-state index contributed by atoms with van der Waals surface area (Å²) in [5, 5.41) is 10.5. The predicted molar refractivity (Wildman–Crippen MR) is 187 cm³/mol. The topological polar surface area (TPSA) is 169 Å². The van der Waals surface area contributed by atoms with Crippen molar-refractivity contribution >= 4 is 35.8 Å². The van der Waals surface area contributed by atoms with Crippen molar-refractivity contribution in [3.63, 3.8) is 0 Å². The van der Waals surface area contributed by atoms with Crippen LogP contribution >= 0.6 is 0 Å². The Labute approximate surface area is 295 Å². The molecular formula is C36H55N7O7. The van der Waals surface area contributed by atoms with Crippen molar-refractivity contribution in [3.8, 4) is 0 Å². The van der Waals surface area contributed by atoms with E-state index in [9.17, 15) is 28.8 Å². The van der Waals surface area contributed by atoms with Crippen molar-refractivity contribution in [2.75, 3.05) is 52.4 Å². The average Bonchev–Trinajstić information content (AvgIpc) is 3.59. The van der Waals surface area contributed by atoms with Crippen molar-refractivity contribution < 1.29 is 33.5 Å². The average molecular weight is 698 g/mol. The van der Waals surface area contributed by atoms with E-state index in [1.54, 1.807) is 25.7 Å². The molecule has 2 atom stereocenters. The first kappa shape index (κ1) is 38.4. The molecule has 0 aliphatic carbocycles. The van der Waals surface area contributed by atoms with E-state index in [-0.39, 0.29) is 36.2 Å². The smallest absolute Gasteiger partial charge is 0.408 e. The van der Waals surface area contributed by atoms with Crippen molar-refractivity contribution in [1.82, 2.24) is 36.0 Å². The Hall–Kier alpha value is -4.36. The Balaban J connectivity index is 1.22. The SMILES string of the molecule is CC(C)CC(NC(=O)CNC(=O)C(Cc1ccccc1)NC(=O)OC(C)(C)C)C(=O)NCC(=O)N1CCC2(CC1)CN(C(=O)N1CCCC1)C2. The Morgan fingerprint density at radius 1 is 0.780 bits per heavy atom. The number of likely N-dealkylation sites (tertiary alicyclic amines) is 3. The van der Waals surface area contributed by atoms with E-state index in [0.717, 1.165) is 57.4 Å². The first-order valence-electron chi connectivity index (χ1n) is 17.8. The predicted octanol–water partition coefficient (Wildman–Crippen LogP) is 2.03. The second-order valence-electron chi connectivity index (χ2n) is 15.3. The van der Waals surface area contributed by atoms with Crippen molar-refractivity contribution in [3.05, 3.63) is 35.9 Å². The summed E-state index contributed by atoms with van der Waals surface area (Å²) < 4.78 is 5.33. The largest absolute Gasteiger partial charge is 0.444 e. The standard InChI is InChI=1S/C36H55N7O7/c1-25(2)19-27(39-29(44)21-37-32(47)28(20-26-11-7-6-8-12-26)40-33(48)50-35(3,4)5)31(46)38-22-30(45)41-17-13-36(14-18-41)23-43(24-36)34(49)42-15-9-10-16-42/h6-8,11-12,25,27-28H,9-10,13-24H2,1-5H3,(H,37,47)(H,38,46)(H,39,44)(H,40,48). The van der Waals surface area contributed by atoms with Gasteiger partial charge >= 0.3 is 12.1 Å². The maximum Gasteiger partial charge on any atom is 0.408 e. The summed E-state index contributed by atoms with van der Waals surface area (Å²) >= 11 is 0. The second kappa shape index (κ2) is 17.0. The molecule has 1 spiro atoms. The molecule has 0 saturated carbocycles. The van der Waals surface area contributed by atoms with Crippen LogP contribution in [0.25, 0.3) is 0 Å². The van der Waals surface area contributed by atoms with Crippen LogP contribution in [0, 0.1) is 11.3 Å². The molecule has 276 valence electrons. The number of nitrogens with zero attached hydrogens (tertiary/aromatic N) is 3. The molecule has 14 heteroatoms. The van der Waals surface area contributed by atoms with Crippen LogP contribution < -0.4 is 21.3 Å². The third-order valence-corrected chi connectivity index (χ3v) is 9.36. The Morgan fingerprint density at radius 3 is 1.98 bits per heavy atom. The van der Waals surface area contributed by atoms with Crippen LogP contribution in [0.3, 0.4) is 0 Å². The molecule has 0 radical (unpaired) electrons. The van der Waals surface area contributed by atoms with Gasteiger partial charge < -0.3 is 40.7 Å². The molecule has 0 aromatic heterocycles. The zero-order valence-corrected chi connectivity index (χ0v) is 30.2. The maximum absolute atomic E-state index is 13.2. The van der Waals surface area contributed by atoms with Gasteiger partial charge in [0, 0.05) is 51.1 Å². The summed E-state index contributed by atoms with van der Waals surface area (Å²) in [4.78, 5) is 83.0. The normalized spacial score (nSPS) is 18.2. The molecule has 3 fully saturated rings. The van der Waals surface area contributed by atoms with E-state index in [2.05, 4.69) is 21.3 Å². The van der Waals surface area contributed by atoms with Crippen LogP contribution in [-0.4, -0.2) is 120 Å². The first-order chi connectivity index (χ1) is 23.6. The molecule has 14 nitrogen and oxygen atoms in total. The van der Waals surface area contributed by atoms with Gasteiger partial charge in [-0.25, -0.2) is 9.59 Å². The monoisotopic (exact) mass is 697 g/mol. The highest BCUT2D eigenvalue weighted by Crippen LogP contribution is 2.41. The van der Waals surface area contributed by atoms with Gasteiger partial charge in [-0.15, -0.1) is 0 Å². The number of hydrogen-bond acceptors (Lipinski definition) is 7. The molecule has 3 aliphatic rings. The molecular weight excluding hydrogens is 642 g/mol. The van der Waals surface area contributed by atoms with Crippen LogP contribution in [0.15, 0.2) is 30.3 Å². The molecule has 50 heavy (non-hydrogen) atoms. The minimum atomic E-state index is -1.01. The van der Waals surface area contributed by atoms with Gasteiger partial charge in [-0.1, -0.05) is 44.2 Å². The molecule has 3 aliphatic heterocycles. The maximum atomic E-state index is 13.2. The summed E-state index contributed by atoms with van der Waals surface area (Å²) in [5.74, 6) is -1.78. The third-order valence-electron chi connectivity index (χ3n) is 9.36. The zero-order chi connectivity index (χ0) is 36.5. The molecule has 3 heterocycles. The summed E-state index contributed by atoms with van der Waals surface area (Å²) in [6, 6.07) is 7.35. The molecule has 0 bridgehead atoms. The number of amides is 7. The van der Waals surface area contributed by atoms with Crippen molar-refractivity contribution in [2.24, 2.45) is 11.3 Å². The lowest BCUT2D eigenvalue weighted by Crippen LogP contribution is -2.64. The van der Waals surface area contributed by atoms with E-state index in [1.165, 1.54) is 0 Å². The van der Waals surface area contributed by atoms with Gasteiger partial charge in [0.15, 0.2) is 0 Å². The molecule has 2 unspecified atom stereocenters. The second-order valence-corrected chi connectivity index (χ2v) is 15.3. The number of carbonyl (C=O) groups is 6. The lowest BCUT2D eigenvalue weighted by atomic mass is 9.72.